The van der Waals surface area contributed by atoms with Crippen molar-refractivity contribution < 1.29 is 22.0 Å². The maximum Gasteiger partial charge on any atom is 0.254 e. The molecule has 0 fully saturated rings. The molecule has 0 radical (unpaired) electrons. The van der Waals surface area contributed by atoms with Gasteiger partial charge in [-0.05, 0) is 44.2 Å². The Morgan fingerprint density at radius 2 is 1.88 bits per heavy atom. The number of benzene rings is 1. The molecule has 1 N–H and O–H groups in total. The lowest BCUT2D eigenvalue weighted by Crippen LogP contribution is -2.31. The molecule has 142 valence electrons. The van der Waals surface area contributed by atoms with E-state index in [-0.39, 0.29) is 23.5 Å². The molecule has 1 heterocycles. The minimum absolute atomic E-state index is 0.116. The first-order valence-corrected chi connectivity index (χ1v) is 9.81. The van der Waals surface area contributed by atoms with Crippen molar-refractivity contribution in [1.82, 2.24) is 9.62 Å². The first-order valence-electron chi connectivity index (χ1n) is 8.37. The van der Waals surface area contributed by atoms with Gasteiger partial charge in [-0.2, -0.15) is 4.31 Å². The number of hydrogen-bond donors (Lipinski definition) is 1. The maximum absolute atomic E-state index is 14.1. The van der Waals surface area contributed by atoms with Crippen molar-refractivity contribution in [2.24, 2.45) is 0 Å². The summed E-state index contributed by atoms with van der Waals surface area (Å²) in [5, 5.41) is 2.62. The number of furan rings is 1. The molecule has 0 aliphatic heterocycles. The van der Waals surface area contributed by atoms with Gasteiger partial charge in [0.1, 0.15) is 17.3 Å². The Hall–Kier alpha value is -2.19. The van der Waals surface area contributed by atoms with Gasteiger partial charge < -0.3 is 9.73 Å². The van der Waals surface area contributed by atoms with E-state index in [0.29, 0.717) is 11.5 Å². The number of hydrogen-bond acceptors (Lipinski definition) is 4. The highest BCUT2D eigenvalue weighted by atomic mass is 32.2. The van der Waals surface area contributed by atoms with Crippen molar-refractivity contribution in [3.05, 3.63) is 53.2 Å². The standard InChI is InChI=1S/C18H23FN2O4S/c1-5-21(6-2)26(23,24)14-8-9-16(19)15(11-14)18(22)20-13(4)17-10-7-12(3)25-17/h7-11,13H,5-6H2,1-4H3,(H,20,22). The number of carbonyl (C=O) groups is 1. The fourth-order valence-electron chi connectivity index (χ4n) is 2.58. The monoisotopic (exact) mass is 382 g/mol. The van der Waals surface area contributed by atoms with Crippen molar-refractivity contribution in [3.8, 4) is 0 Å². The third-order valence-electron chi connectivity index (χ3n) is 4.06. The van der Waals surface area contributed by atoms with Crippen LogP contribution >= 0.6 is 0 Å². The topological polar surface area (TPSA) is 79.6 Å². The van der Waals surface area contributed by atoms with E-state index >= 15 is 0 Å². The molecule has 6 nitrogen and oxygen atoms in total. The Kier molecular flexibility index (Phi) is 6.20. The van der Waals surface area contributed by atoms with Gasteiger partial charge in [-0.25, -0.2) is 12.8 Å². The van der Waals surface area contributed by atoms with Gasteiger partial charge in [-0.15, -0.1) is 0 Å². The van der Waals surface area contributed by atoms with Gasteiger partial charge in [0.2, 0.25) is 10.0 Å². The van der Waals surface area contributed by atoms with E-state index in [9.17, 15) is 17.6 Å². The van der Waals surface area contributed by atoms with E-state index in [2.05, 4.69) is 5.32 Å². The molecule has 1 aromatic heterocycles. The van der Waals surface area contributed by atoms with Crippen LogP contribution < -0.4 is 5.32 Å². The number of sulfonamides is 1. The molecule has 0 saturated carbocycles. The predicted molar refractivity (Wildman–Crippen MR) is 95.8 cm³/mol. The van der Waals surface area contributed by atoms with Gasteiger partial charge in [0.05, 0.1) is 16.5 Å². The van der Waals surface area contributed by atoms with Gasteiger partial charge >= 0.3 is 0 Å². The SMILES string of the molecule is CCN(CC)S(=O)(=O)c1ccc(F)c(C(=O)NC(C)c2ccc(C)o2)c1. The Labute approximate surface area is 153 Å². The van der Waals surface area contributed by atoms with Crippen molar-refractivity contribution in [3.63, 3.8) is 0 Å². The number of nitrogens with zero attached hydrogens (tertiary/aromatic N) is 1. The Morgan fingerprint density at radius 3 is 2.42 bits per heavy atom. The van der Waals surface area contributed by atoms with Gasteiger partial charge in [-0.3, -0.25) is 4.79 Å². The highest BCUT2D eigenvalue weighted by Crippen LogP contribution is 2.21. The zero-order valence-electron chi connectivity index (χ0n) is 15.2. The van der Waals surface area contributed by atoms with Crippen LogP contribution in [0.1, 0.15) is 48.7 Å². The number of nitrogens with one attached hydrogen (secondary N) is 1. The van der Waals surface area contributed by atoms with Crippen LogP contribution in [0, 0.1) is 12.7 Å². The van der Waals surface area contributed by atoms with Crippen LogP contribution in [-0.2, 0) is 10.0 Å². The van der Waals surface area contributed by atoms with E-state index < -0.39 is 27.8 Å². The van der Waals surface area contributed by atoms with Crippen LogP contribution in [0.3, 0.4) is 0 Å². The lowest BCUT2D eigenvalue weighted by atomic mass is 10.1. The molecular formula is C18H23FN2O4S. The summed E-state index contributed by atoms with van der Waals surface area (Å²) in [6.45, 7) is 7.47. The smallest absolute Gasteiger partial charge is 0.254 e. The third-order valence-corrected chi connectivity index (χ3v) is 6.11. The summed E-state index contributed by atoms with van der Waals surface area (Å²) in [6.07, 6.45) is 0. The minimum atomic E-state index is -3.78. The lowest BCUT2D eigenvalue weighted by Gasteiger charge is -2.19. The number of rotatable bonds is 7. The summed E-state index contributed by atoms with van der Waals surface area (Å²) in [5.74, 6) is -0.271. The highest BCUT2D eigenvalue weighted by Gasteiger charge is 2.25. The fourth-order valence-corrected chi connectivity index (χ4v) is 4.07. The average Bonchev–Trinajstić information content (AvgIpc) is 3.02. The van der Waals surface area contributed by atoms with Crippen LogP contribution in [0.2, 0.25) is 0 Å². The first kappa shape index (κ1) is 20.1. The van der Waals surface area contributed by atoms with E-state index in [0.717, 1.165) is 12.1 Å². The second-order valence-electron chi connectivity index (χ2n) is 5.87. The summed E-state index contributed by atoms with van der Waals surface area (Å²) >= 11 is 0. The zero-order chi connectivity index (χ0) is 19.5. The fraction of sp³-hybridized carbons (Fsp3) is 0.389. The van der Waals surface area contributed by atoms with Crippen LogP contribution in [0.15, 0.2) is 39.6 Å². The lowest BCUT2D eigenvalue weighted by molar-refractivity contribution is 0.0930. The molecule has 2 rings (SSSR count). The molecule has 0 saturated heterocycles. The molecule has 0 bridgehead atoms. The van der Waals surface area contributed by atoms with Crippen LogP contribution in [0.5, 0.6) is 0 Å². The zero-order valence-corrected chi connectivity index (χ0v) is 16.1. The maximum atomic E-state index is 14.1. The Morgan fingerprint density at radius 1 is 1.23 bits per heavy atom. The molecule has 1 amide bonds. The molecule has 1 unspecified atom stereocenters. The van der Waals surface area contributed by atoms with Gasteiger partial charge in [-0.1, -0.05) is 13.8 Å². The van der Waals surface area contributed by atoms with Crippen LogP contribution in [0.4, 0.5) is 4.39 Å². The molecule has 0 spiro atoms. The number of amides is 1. The Bertz CT molecular complexity index is 888. The first-order chi connectivity index (χ1) is 12.2. The van der Waals surface area contributed by atoms with Crippen LogP contribution in [-0.4, -0.2) is 31.7 Å². The average molecular weight is 382 g/mol. The van der Waals surface area contributed by atoms with E-state index in [1.54, 1.807) is 39.8 Å². The van der Waals surface area contributed by atoms with Crippen molar-refractivity contribution in [1.29, 1.82) is 0 Å². The largest absolute Gasteiger partial charge is 0.464 e. The van der Waals surface area contributed by atoms with E-state index in [1.165, 1.54) is 10.4 Å². The number of aryl methyl sites for hydroxylation is 1. The molecule has 8 heteroatoms. The van der Waals surface area contributed by atoms with Gasteiger partial charge in [0.25, 0.3) is 5.91 Å². The summed E-state index contributed by atoms with van der Waals surface area (Å²) in [4.78, 5) is 12.3. The molecule has 0 aliphatic rings. The van der Waals surface area contributed by atoms with Gasteiger partial charge in [0, 0.05) is 13.1 Å². The molecule has 1 atom stereocenters. The second kappa shape index (κ2) is 8.01. The number of carbonyl (C=O) groups excluding carboxylic acids is 1. The molecule has 0 aliphatic carbocycles. The molecule has 1 aromatic carbocycles. The minimum Gasteiger partial charge on any atom is -0.464 e. The molecule has 26 heavy (non-hydrogen) atoms. The van der Waals surface area contributed by atoms with Crippen LogP contribution in [0.25, 0.3) is 0 Å². The summed E-state index contributed by atoms with van der Waals surface area (Å²) < 4.78 is 46.0. The van der Waals surface area contributed by atoms with Gasteiger partial charge in [0.15, 0.2) is 0 Å². The molecule has 2 aromatic rings. The normalized spacial score (nSPS) is 13.0. The highest BCUT2D eigenvalue weighted by molar-refractivity contribution is 7.89. The summed E-state index contributed by atoms with van der Waals surface area (Å²) in [5.41, 5.74) is -0.326. The Balaban J connectivity index is 2.30. The summed E-state index contributed by atoms with van der Waals surface area (Å²) in [7, 11) is -3.78. The van der Waals surface area contributed by atoms with E-state index in [4.69, 9.17) is 4.42 Å². The second-order valence-corrected chi connectivity index (χ2v) is 7.81. The number of halogens is 1. The summed E-state index contributed by atoms with van der Waals surface area (Å²) in [6, 6.07) is 6.22. The predicted octanol–water partition coefficient (Wildman–Crippen LogP) is 3.25. The van der Waals surface area contributed by atoms with Crippen molar-refractivity contribution in [2.45, 2.75) is 38.6 Å². The quantitative estimate of drug-likeness (QED) is 0.797. The van der Waals surface area contributed by atoms with Crippen molar-refractivity contribution >= 4 is 15.9 Å². The van der Waals surface area contributed by atoms with Crippen molar-refractivity contribution in [2.75, 3.05) is 13.1 Å². The molecular weight excluding hydrogens is 359 g/mol. The van der Waals surface area contributed by atoms with E-state index in [1.807, 2.05) is 0 Å². The third kappa shape index (κ3) is 4.13.